The van der Waals surface area contributed by atoms with Gasteiger partial charge in [-0.1, -0.05) is 11.6 Å². The van der Waals surface area contributed by atoms with Crippen LogP contribution in [-0.4, -0.2) is 57.0 Å². The molecule has 0 unspecified atom stereocenters. The second-order valence-electron chi connectivity index (χ2n) is 6.88. The first-order valence-electron chi connectivity index (χ1n) is 9.67. The highest BCUT2D eigenvalue weighted by Crippen LogP contribution is 2.32. The van der Waals surface area contributed by atoms with E-state index >= 15 is 0 Å². The SMILES string of the molecule is COc1ccc(-c2csc(NC(=O)c3ccc(S(=O)(=O)N4CCOCC4)cc3)n2)cc1Cl. The van der Waals surface area contributed by atoms with E-state index in [9.17, 15) is 13.2 Å². The van der Waals surface area contributed by atoms with Crippen molar-refractivity contribution in [2.45, 2.75) is 4.90 Å². The highest BCUT2D eigenvalue weighted by molar-refractivity contribution is 7.89. The van der Waals surface area contributed by atoms with Crippen molar-refractivity contribution >= 4 is 44.0 Å². The van der Waals surface area contributed by atoms with Gasteiger partial charge in [0.1, 0.15) is 5.75 Å². The van der Waals surface area contributed by atoms with E-state index in [0.717, 1.165) is 5.56 Å². The number of thiazole rings is 1. The number of hydrogen-bond acceptors (Lipinski definition) is 7. The van der Waals surface area contributed by atoms with Crippen molar-refractivity contribution in [3.8, 4) is 17.0 Å². The number of hydrogen-bond donors (Lipinski definition) is 1. The van der Waals surface area contributed by atoms with Gasteiger partial charge < -0.3 is 9.47 Å². The molecule has 1 fully saturated rings. The number of sulfonamides is 1. The van der Waals surface area contributed by atoms with Crippen molar-refractivity contribution < 1.29 is 22.7 Å². The third-order valence-corrected chi connectivity index (χ3v) is 7.86. The lowest BCUT2D eigenvalue weighted by Gasteiger charge is -2.26. The van der Waals surface area contributed by atoms with Crippen LogP contribution in [0.1, 0.15) is 10.4 Å². The van der Waals surface area contributed by atoms with Crippen molar-refractivity contribution in [1.29, 1.82) is 0 Å². The minimum Gasteiger partial charge on any atom is -0.495 e. The highest BCUT2D eigenvalue weighted by atomic mass is 35.5. The normalized spacial score (nSPS) is 14.8. The van der Waals surface area contributed by atoms with Crippen LogP contribution in [0.25, 0.3) is 11.3 Å². The van der Waals surface area contributed by atoms with Gasteiger partial charge in [-0.05, 0) is 42.5 Å². The number of nitrogens with zero attached hydrogens (tertiary/aromatic N) is 2. The number of rotatable bonds is 6. The number of carbonyl (C=O) groups is 1. The Labute approximate surface area is 194 Å². The molecule has 1 saturated heterocycles. The molecule has 2 aromatic carbocycles. The second kappa shape index (κ2) is 9.55. The predicted molar refractivity (Wildman–Crippen MR) is 123 cm³/mol. The molecule has 0 atom stereocenters. The summed E-state index contributed by atoms with van der Waals surface area (Å²) in [5.74, 6) is 0.187. The van der Waals surface area contributed by atoms with E-state index in [0.29, 0.717) is 53.5 Å². The van der Waals surface area contributed by atoms with Gasteiger partial charge in [0.2, 0.25) is 10.0 Å². The molecule has 1 aliphatic heterocycles. The third kappa shape index (κ3) is 4.79. The average Bonchev–Trinajstić information content (AvgIpc) is 3.28. The van der Waals surface area contributed by atoms with Crippen LogP contribution in [0.15, 0.2) is 52.7 Å². The minimum absolute atomic E-state index is 0.142. The Balaban J connectivity index is 1.45. The lowest BCUT2D eigenvalue weighted by molar-refractivity contribution is 0.0730. The Morgan fingerprint density at radius 1 is 1.19 bits per heavy atom. The molecule has 1 aliphatic rings. The number of aromatic nitrogens is 1. The monoisotopic (exact) mass is 493 g/mol. The van der Waals surface area contributed by atoms with Crippen LogP contribution in [0, 0.1) is 0 Å². The Morgan fingerprint density at radius 2 is 1.91 bits per heavy atom. The zero-order valence-corrected chi connectivity index (χ0v) is 19.5. The Morgan fingerprint density at radius 3 is 2.56 bits per heavy atom. The lowest BCUT2D eigenvalue weighted by Crippen LogP contribution is -2.40. The van der Waals surface area contributed by atoms with E-state index in [4.69, 9.17) is 21.1 Å². The first kappa shape index (κ1) is 22.7. The topological polar surface area (TPSA) is 97.8 Å². The number of amides is 1. The maximum Gasteiger partial charge on any atom is 0.257 e. The van der Waals surface area contributed by atoms with Crippen molar-refractivity contribution in [1.82, 2.24) is 9.29 Å². The van der Waals surface area contributed by atoms with E-state index in [1.807, 2.05) is 11.4 Å². The molecular weight excluding hydrogens is 474 g/mol. The quantitative estimate of drug-likeness (QED) is 0.561. The summed E-state index contributed by atoms with van der Waals surface area (Å²) in [6.07, 6.45) is 0. The molecule has 2 heterocycles. The van der Waals surface area contributed by atoms with Crippen LogP contribution in [0.2, 0.25) is 5.02 Å². The molecule has 32 heavy (non-hydrogen) atoms. The number of benzene rings is 2. The first-order valence-corrected chi connectivity index (χ1v) is 12.4. The summed E-state index contributed by atoms with van der Waals surface area (Å²) in [7, 11) is -2.06. The fraction of sp³-hybridized carbons (Fsp3) is 0.238. The summed E-state index contributed by atoms with van der Waals surface area (Å²) in [5.41, 5.74) is 1.79. The smallest absolute Gasteiger partial charge is 0.257 e. The fourth-order valence-corrected chi connectivity index (χ4v) is 5.55. The summed E-state index contributed by atoms with van der Waals surface area (Å²) in [6.45, 7) is 1.38. The molecule has 0 bridgehead atoms. The molecular formula is C21H20ClN3O5S2. The number of methoxy groups -OCH3 is 1. The largest absolute Gasteiger partial charge is 0.495 e. The average molecular weight is 494 g/mol. The zero-order valence-electron chi connectivity index (χ0n) is 17.1. The zero-order chi connectivity index (χ0) is 22.7. The Bertz CT molecular complexity index is 1220. The summed E-state index contributed by atoms with van der Waals surface area (Å²) in [5, 5.41) is 5.44. The Hall–Kier alpha value is -2.50. The van der Waals surface area contributed by atoms with Gasteiger partial charge in [-0.3, -0.25) is 10.1 Å². The van der Waals surface area contributed by atoms with Crippen LogP contribution in [0.4, 0.5) is 5.13 Å². The molecule has 8 nitrogen and oxygen atoms in total. The van der Waals surface area contributed by atoms with E-state index in [2.05, 4.69) is 10.3 Å². The summed E-state index contributed by atoms with van der Waals surface area (Å²) in [4.78, 5) is 17.2. The number of anilines is 1. The fourth-order valence-electron chi connectivity index (χ4n) is 3.17. The van der Waals surface area contributed by atoms with Gasteiger partial charge in [-0.2, -0.15) is 4.31 Å². The van der Waals surface area contributed by atoms with Crippen LogP contribution >= 0.6 is 22.9 Å². The number of nitrogens with one attached hydrogen (secondary N) is 1. The molecule has 168 valence electrons. The lowest BCUT2D eigenvalue weighted by atomic mass is 10.2. The van der Waals surface area contributed by atoms with Crippen LogP contribution in [0.3, 0.4) is 0 Å². The van der Waals surface area contributed by atoms with Gasteiger partial charge >= 0.3 is 0 Å². The summed E-state index contributed by atoms with van der Waals surface area (Å²) >= 11 is 7.45. The van der Waals surface area contributed by atoms with E-state index in [1.165, 1.54) is 39.9 Å². The van der Waals surface area contributed by atoms with E-state index < -0.39 is 10.0 Å². The highest BCUT2D eigenvalue weighted by Gasteiger charge is 2.26. The molecule has 1 aromatic heterocycles. The van der Waals surface area contributed by atoms with Gasteiger partial charge in [0.15, 0.2) is 5.13 Å². The maximum atomic E-state index is 12.7. The molecule has 11 heteroatoms. The number of halogens is 1. The third-order valence-electron chi connectivity index (χ3n) is 4.90. The number of morpholine rings is 1. The molecule has 4 rings (SSSR count). The summed E-state index contributed by atoms with van der Waals surface area (Å²) < 4.78 is 37.2. The van der Waals surface area contributed by atoms with E-state index in [1.54, 1.807) is 19.2 Å². The van der Waals surface area contributed by atoms with Gasteiger partial charge in [0.25, 0.3) is 5.91 Å². The molecule has 0 aliphatic carbocycles. The number of carbonyl (C=O) groups excluding carboxylic acids is 1. The van der Waals surface area contributed by atoms with Crippen molar-refractivity contribution in [2.75, 3.05) is 38.7 Å². The van der Waals surface area contributed by atoms with E-state index in [-0.39, 0.29) is 10.8 Å². The molecule has 0 spiro atoms. The van der Waals surface area contributed by atoms with Crippen molar-refractivity contribution in [3.05, 3.63) is 58.4 Å². The molecule has 1 amide bonds. The minimum atomic E-state index is -3.61. The van der Waals surface area contributed by atoms with Gasteiger partial charge in [0.05, 0.1) is 35.9 Å². The molecule has 0 saturated carbocycles. The van der Waals surface area contributed by atoms with Crippen molar-refractivity contribution in [2.24, 2.45) is 0 Å². The number of ether oxygens (including phenoxy) is 2. The van der Waals surface area contributed by atoms with Crippen LogP contribution in [-0.2, 0) is 14.8 Å². The van der Waals surface area contributed by atoms with Crippen LogP contribution in [0.5, 0.6) is 5.75 Å². The van der Waals surface area contributed by atoms with Crippen molar-refractivity contribution in [3.63, 3.8) is 0 Å². The maximum absolute atomic E-state index is 12.7. The summed E-state index contributed by atoms with van der Waals surface area (Å²) in [6, 6.07) is 11.2. The Kier molecular flexibility index (Phi) is 6.77. The predicted octanol–water partition coefficient (Wildman–Crippen LogP) is 3.75. The first-order chi connectivity index (χ1) is 15.4. The molecule has 1 N–H and O–H groups in total. The van der Waals surface area contributed by atoms with Gasteiger partial charge in [0, 0.05) is 29.6 Å². The van der Waals surface area contributed by atoms with Gasteiger partial charge in [-0.25, -0.2) is 13.4 Å². The van der Waals surface area contributed by atoms with Gasteiger partial charge in [-0.15, -0.1) is 11.3 Å². The standard InChI is InChI=1S/C21H20ClN3O5S2/c1-29-19-7-4-15(12-17(19)22)18-13-31-21(23-18)24-20(26)14-2-5-16(6-3-14)32(27,28)25-8-10-30-11-9-25/h2-7,12-13H,8-11H2,1H3,(H,23,24,26). The molecule has 3 aromatic rings. The van der Waals surface area contributed by atoms with Crippen LogP contribution < -0.4 is 10.1 Å². The molecule has 0 radical (unpaired) electrons. The second-order valence-corrected chi connectivity index (χ2v) is 10.1.